The Kier molecular flexibility index (Phi) is 3.80. The van der Waals surface area contributed by atoms with Gasteiger partial charge in [-0.25, -0.2) is 4.98 Å². The summed E-state index contributed by atoms with van der Waals surface area (Å²) in [4.78, 5) is 21.6. The number of benzene rings is 1. The lowest BCUT2D eigenvalue weighted by Gasteiger charge is -2.33. The van der Waals surface area contributed by atoms with Gasteiger partial charge in [0, 0.05) is 12.6 Å². The number of aromatic nitrogens is 2. The molecule has 1 unspecified atom stereocenters. The van der Waals surface area contributed by atoms with Gasteiger partial charge < -0.3 is 10.1 Å². The Bertz CT molecular complexity index is 653. The molecular formula is C15H19N3O2. The summed E-state index contributed by atoms with van der Waals surface area (Å²) in [6.45, 7) is 1.57. The lowest BCUT2D eigenvalue weighted by molar-refractivity contribution is 0.0828. The van der Waals surface area contributed by atoms with Crippen LogP contribution in [0.3, 0.4) is 0 Å². The summed E-state index contributed by atoms with van der Waals surface area (Å²) in [5, 5.41) is 9.43. The summed E-state index contributed by atoms with van der Waals surface area (Å²) >= 11 is 0. The van der Waals surface area contributed by atoms with Crippen molar-refractivity contribution in [2.24, 2.45) is 0 Å². The van der Waals surface area contributed by atoms with Gasteiger partial charge in [0.25, 0.3) is 5.56 Å². The number of hydrogen-bond acceptors (Lipinski definition) is 4. The highest BCUT2D eigenvalue weighted by atomic mass is 16.3. The van der Waals surface area contributed by atoms with E-state index in [9.17, 15) is 9.90 Å². The number of rotatable bonds is 3. The molecule has 0 aliphatic carbocycles. The van der Waals surface area contributed by atoms with Gasteiger partial charge in [-0.05, 0) is 31.5 Å². The van der Waals surface area contributed by atoms with Crippen molar-refractivity contribution in [2.45, 2.75) is 31.8 Å². The molecule has 106 valence electrons. The molecular weight excluding hydrogens is 254 g/mol. The van der Waals surface area contributed by atoms with Crippen LogP contribution in [0.2, 0.25) is 0 Å². The molecule has 3 rings (SSSR count). The highest BCUT2D eigenvalue weighted by molar-refractivity contribution is 5.73. The average molecular weight is 273 g/mol. The fraction of sp³-hybridized carbons (Fsp3) is 0.467. The zero-order chi connectivity index (χ0) is 13.9. The van der Waals surface area contributed by atoms with E-state index in [1.165, 1.54) is 0 Å². The predicted molar refractivity (Wildman–Crippen MR) is 77.5 cm³/mol. The number of aliphatic hydroxyl groups excluding tert-OH is 1. The standard InChI is InChI=1S/C15H19N3O2/c19-10-11-5-3-4-8-18(11)9-14-15(20)17-13-7-2-1-6-12(13)16-14/h1-2,6-7,11,19H,3-5,8-10H2,(H,17,20). The number of nitrogens with zero attached hydrogens (tertiary/aromatic N) is 2. The molecule has 5 nitrogen and oxygen atoms in total. The van der Waals surface area contributed by atoms with E-state index in [1.807, 2.05) is 24.3 Å². The largest absolute Gasteiger partial charge is 0.395 e. The molecule has 1 saturated heterocycles. The van der Waals surface area contributed by atoms with Gasteiger partial charge in [0.2, 0.25) is 0 Å². The van der Waals surface area contributed by atoms with Crippen molar-refractivity contribution >= 4 is 11.0 Å². The first kappa shape index (κ1) is 13.3. The normalized spacial score (nSPS) is 20.4. The van der Waals surface area contributed by atoms with E-state index < -0.39 is 0 Å². The second-order valence-electron chi connectivity index (χ2n) is 5.33. The number of H-pyrrole nitrogens is 1. The topological polar surface area (TPSA) is 69.2 Å². The van der Waals surface area contributed by atoms with Crippen LogP contribution in [0, 0.1) is 0 Å². The highest BCUT2D eigenvalue weighted by Gasteiger charge is 2.23. The summed E-state index contributed by atoms with van der Waals surface area (Å²) in [6.07, 6.45) is 3.24. The molecule has 2 aromatic rings. The maximum atomic E-state index is 12.1. The maximum absolute atomic E-state index is 12.1. The second-order valence-corrected chi connectivity index (χ2v) is 5.33. The molecule has 5 heteroatoms. The fourth-order valence-electron chi connectivity index (χ4n) is 2.84. The van der Waals surface area contributed by atoms with Crippen molar-refractivity contribution in [3.05, 3.63) is 40.3 Å². The molecule has 1 aliphatic rings. The third-order valence-corrected chi connectivity index (χ3v) is 3.98. The number of aliphatic hydroxyl groups is 1. The molecule has 20 heavy (non-hydrogen) atoms. The van der Waals surface area contributed by atoms with Crippen LogP contribution in [0.15, 0.2) is 29.1 Å². The van der Waals surface area contributed by atoms with Crippen molar-refractivity contribution in [3.8, 4) is 0 Å². The number of likely N-dealkylation sites (tertiary alicyclic amines) is 1. The minimum atomic E-state index is -0.133. The molecule has 0 spiro atoms. The van der Waals surface area contributed by atoms with Crippen LogP contribution in [0.5, 0.6) is 0 Å². The smallest absolute Gasteiger partial charge is 0.271 e. The highest BCUT2D eigenvalue weighted by Crippen LogP contribution is 2.18. The second kappa shape index (κ2) is 5.73. The van der Waals surface area contributed by atoms with E-state index in [0.717, 1.165) is 36.8 Å². The van der Waals surface area contributed by atoms with Gasteiger partial charge in [-0.3, -0.25) is 9.69 Å². The molecule has 0 bridgehead atoms. The van der Waals surface area contributed by atoms with Crippen LogP contribution in [0.4, 0.5) is 0 Å². The third-order valence-electron chi connectivity index (χ3n) is 3.98. The molecule has 2 N–H and O–H groups in total. The molecule has 0 saturated carbocycles. The molecule has 1 atom stereocenters. The summed E-state index contributed by atoms with van der Waals surface area (Å²) in [5.41, 5.74) is 1.97. The van der Waals surface area contributed by atoms with Crippen LogP contribution < -0.4 is 5.56 Å². The monoisotopic (exact) mass is 273 g/mol. The average Bonchev–Trinajstić information content (AvgIpc) is 2.48. The minimum absolute atomic E-state index is 0.133. The van der Waals surface area contributed by atoms with Crippen LogP contribution >= 0.6 is 0 Å². The molecule has 1 aromatic heterocycles. The first-order valence-corrected chi connectivity index (χ1v) is 7.11. The summed E-state index contributed by atoms with van der Waals surface area (Å²) < 4.78 is 0. The molecule has 1 aromatic carbocycles. The molecule has 2 heterocycles. The molecule has 0 amide bonds. The van der Waals surface area contributed by atoms with E-state index in [1.54, 1.807) is 0 Å². The van der Waals surface area contributed by atoms with Gasteiger partial charge >= 0.3 is 0 Å². The van der Waals surface area contributed by atoms with Gasteiger partial charge in [-0.2, -0.15) is 0 Å². The Morgan fingerprint density at radius 3 is 3.05 bits per heavy atom. The molecule has 1 fully saturated rings. The fourth-order valence-corrected chi connectivity index (χ4v) is 2.84. The SMILES string of the molecule is O=c1[nH]c2ccccc2nc1CN1CCCCC1CO. The Labute approximate surface area is 117 Å². The number of hydrogen-bond donors (Lipinski definition) is 2. The zero-order valence-corrected chi connectivity index (χ0v) is 11.4. The zero-order valence-electron chi connectivity index (χ0n) is 11.4. The van der Waals surface area contributed by atoms with Crippen molar-refractivity contribution < 1.29 is 5.11 Å². The van der Waals surface area contributed by atoms with Gasteiger partial charge in [0.05, 0.1) is 17.6 Å². The van der Waals surface area contributed by atoms with Gasteiger partial charge in [-0.15, -0.1) is 0 Å². The Morgan fingerprint density at radius 2 is 2.20 bits per heavy atom. The lowest BCUT2D eigenvalue weighted by atomic mass is 10.0. The van der Waals surface area contributed by atoms with E-state index in [-0.39, 0.29) is 18.2 Å². The summed E-state index contributed by atoms with van der Waals surface area (Å²) in [5.74, 6) is 0. The van der Waals surface area contributed by atoms with E-state index in [4.69, 9.17) is 0 Å². The van der Waals surface area contributed by atoms with Crippen molar-refractivity contribution in [3.63, 3.8) is 0 Å². The quantitative estimate of drug-likeness (QED) is 0.883. The number of piperidine rings is 1. The van der Waals surface area contributed by atoms with Gasteiger partial charge in [-0.1, -0.05) is 18.6 Å². The van der Waals surface area contributed by atoms with Crippen molar-refractivity contribution in [1.29, 1.82) is 0 Å². The van der Waals surface area contributed by atoms with Gasteiger partial charge in [0.1, 0.15) is 5.69 Å². The van der Waals surface area contributed by atoms with Crippen LogP contribution in [-0.4, -0.2) is 39.2 Å². The van der Waals surface area contributed by atoms with E-state index in [2.05, 4.69) is 14.9 Å². The number of para-hydroxylation sites is 2. The predicted octanol–water partition coefficient (Wildman–Crippen LogP) is 1.27. The van der Waals surface area contributed by atoms with Crippen molar-refractivity contribution in [2.75, 3.05) is 13.2 Å². The van der Waals surface area contributed by atoms with Crippen molar-refractivity contribution in [1.82, 2.24) is 14.9 Å². The molecule has 0 radical (unpaired) electrons. The molecule has 1 aliphatic heterocycles. The summed E-state index contributed by atoms with van der Waals surface area (Å²) in [7, 11) is 0. The van der Waals surface area contributed by atoms with Crippen LogP contribution in [0.25, 0.3) is 11.0 Å². The van der Waals surface area contributed by atoms with Gasteiger partial charge in [0.15, 0.2) is 0 Å². The number of nitrogens with one attached hydrogen (secondary N) is 1. The number of fused-ring (bicyclic) bond motifs is 1. The van der Waals surface area contributed by atoms with E-state index >= 15 is 0 Å². The first-order chi connectivity index (χ1) is 9.78. The first-order valence-electron chi connectivity index (χ1n) is 7.11. The van der Waals surface area contributed by atoms with Crippen LogP contribution in [0.1, 0.15) is 25.0 Å². The Balaban J connectivity index is 1.89. The third kappa shape index (κ3) is 2.59. The van der Waals surface area contributed by atoms with Crippen LogP contribution in [-0.2, 0) is 6.54 Å². The lowest BCUT2D eigenvalue weighted by Crippen LogP contribution is -2.42. The Morgan fingerprint density at radius 1 is 1.35 bits per heavy atom. The minimum Gasteiger partial charge on any atom is -0.395 e. The number of aromatic amines is 1. The maximum Gasteiger partial charge on any atom is 0.271 e. The van der Waals surface area contributed by atoms with E-state index in [0.29, 0.717) is 12.2 Å². The summed E-state index contributed by atoms with van der Waals surface area (Å²) in [6, 6.07) is 7.69. The Hall–Kier alpha value is -1.72.